The Morgan fingerprint density at radius 2 is 0.623 bits per heavy atom. The summed E-state index contributed by atoms with van der Waals surface area (Å²) in [6, 6.07) is 0. The van der Waals surface area contributed by atoms with E-state index in [1.54, 1.807) is 0 Å². The van der Waals surface area contributed by atoms with Crippen LogP contribution in [0, 0.1) is 0 Å². The summed E-state index contributed by atoms with van der Waals surface area (Å²) in [5.41, 5.74) is 0. The summed E-state index contributed by atoms with van der Waals surface area (Å²) in [6.45, 7) is 2.35. The molecule has 6 fully saturated rings. The molecule has 18 N–H and O–H groups in total. The zero-order valence-electron chi connectivity index (χ0n) is 35.5. The molecule has 0 amide bonds. The van der Waals surface area contributed by atoms with E-state index in [9.17, 15) is 111 Å². The minimum atomic E-state index is -2.58. The van der Waals surface area contributed by atoms with Gasteiger partial charge in [0.1, 0.15) is 110 Å². The highest BCUT2D eigenvalue weighted by molar-refractivity contribution is 5.74. The number of aliphatic hydroxyl groups is 14. The molecule has 6 aliphatic rings. The highest BCUT2D eigenvalue weighted by Crippen LogP contribution is 2.38. The standard InChI is InChI=1S/C36H54O33/c1-3-5(37)9(41)23(31(58)59-3)66-35-17(49)19(62-33-14(46)8(40)12(44)21(64-33)28(52)53)25(26(69-35)30(56)57)68-36-24(10(42)6(38)4(2)60-36)67-34-16(48)18(15(47)22(65-34)29(54)55)61-32-13(45)7(39)11(43)20(63-32)27(50)51/h3-26,31-49,58H,1-2H3,(H,50,51)(H,52,53)(H,54,55)(H,56,57). The number of rotatable bonds is 14. The largest absolute Gasteiger partial charge is 0.479 e. The van der Waals surface area contributed by atoms with E-state index in [4.69, 9.17) is 52.1 Å². The first-order chi connectivity index (χ1) is 32.2. The van der Waals surface area contributed by atoms with E-state index in [0.717, 1.165) is 6.92 Å². The Balaban J connectivity index is 1.34. The first-order valence-corrected chi connectivity index (χ1v) is 20.8. The fourth-order valence-electron chi connectivity index (χ4n) is 8.28. The molecule has 33 nitrogen and oxygen atoms in total. The van der Waals surface area contributed by atoms with Crippen molar-refractivity contribution in [2.24, 2.45) is 0 Å². The van der Waals surface area contributed by atoms with Crippen molar-refractivity contribution < 1.29 is 163 Å². The molecule has 0 aromatic rings. The first kappa shape index (κ1) is 55.2. The number of aliphatic carboxylic acids is 4. The van der Waals surface area contributed by atoms with Crippen LogP contribution in [-0.2, 0) is 71.3 Å². The average molecular weight is 1010 g/mol. The molecule has 30 unspecified atom stereocenters. The molecule has 6 saturated heterocycles. The molecule has 0 saturated carbocycles. The molecule has 0 radical (unpaired) electrons. The van der Waals surface area contributed by atoms with E-state index >= 15 is 0 Å². The summed E-state index contributed by atoms with van der Waals surface area (Å²) >= 11 is 0. The van der Waals surface area contributed by atoms with Crippen LogP contribution in [-0.4, -0.2) is 300 Å². The number of hydrogen-bond donors (Lipinski definition) is 18. The smallest absolute Gasteiger partial charge is 0.335 e. The fourth-order valence-corrected chi connectivity index (χ4v) is 8.28. The van der Waals surface area contributed by atoms with Gasteiger partial charge in [-0.1, -0.05) is 0 Å². The van der Waals surface area contributed by atoms with Crippen LogP contribution in [0.5, 0.6) is 0 Å². The van der Waals surface area contributed by atoms with Crippen molar-refractivity contribution in [2.45, 2.75) is 198 Å². The second-order valence-electron chi connectivity index (χ2n) is 16.9. The van der Waals surface area contributed by atoms with E-state index in [1.165, 1.54) is 6.92 Å². The maximum atomic E-state index is 13.0. The molecule has 0 aromatic heterocycles. The third-order valence-corrected chi connectivity index (χ3v) is 12.2. The van der Waals surface area contributed by atoms with Gasteiger partial charge in [0.25, 0.3) is 0 Å². The lowest BCUT2D eigenvalue weighted by atomic mass is 9.95. The summed E-state index contributed by atoms with van der Waals surface area (Å²) in [5, 5.41) is 190. The zero-order valence-corrected chi connectivity index (χ0v) is 35.5. The Bertz CT molecular complexity index is 1790. The maximum Gasteiger partial charge on any atom is 0.335 e. The topological polar surface area (TPSA) is 534 Å². The fraction of sp³-hybridized carbons (Fsp3) is 0.889. The molecule has 0 aliphatic carbocycles. The van der Waals surface area contributed by atoms with E-state index < -0.39 is 208 Å². The number of carboxylic acid groups (broad SMARTS) is 4. The van der Waals surface area contributed by atoms with Gasteiger partial charge in [-0.2, -0.15) is 0 Å². The lowest BCUT2D eigenvalue weighted by Gasteiger charge is -2.50. The van der Waals surface area contributed by atoms with Gasteiger partial charge in [-0.25, -0.2) is 19.2 Å². The maximum absolute atomic E-state index is 13.0. The third kappa shape index (κ3) is 11.0. The van der Waals surface area contributed by atoms with Crippen molar-refractivity contribution in [2.75, 3.05) is 0 Å². The normalized spacial score (nSPS) is 51.9. The van der Waals surface area contributed by atoms with Crippen LogP contribution in [0.15, 0.2) is 0 Å². The van der Waals surface area contributed by atoms with Gasteiger partial charge in [-0.3, -0.25) is 0 Å². The van der Waals surface area contributed by atoms with Crippen molar-refractivity contribution in [3.05, 3.63) is 0 Å². The van der Waals surface area contributed by atoms with Gasteiger partial charge in [0, 0.05) is 0 Å². The minimum Gasteiger partial charge on any atom is -0.479 e. The molecule has 0 aromatic carbocycles. The first-order valence-electron chi connectivity index (χ1n) is 20.8. The van der Waals surface area contributed by atoms with Gasteiger partial charge in [-0.05, 0) is 13.8 Å². The van der Waals surface area contributed by atoms with Crippen LogP contribution < -0.4 is 0 Å². The molecule has 6 heterocycles. The minimum absolute atomic E-state index is 1.11. The van der Waals surface area contributed by atoms with Crippen LogP contribution in [0.25, 0.3) is 0 Å². The Kier molecular flexibility index (Phi) is 17.5. The van der Waals surface area contributed by atoms with Crippen molar-refractivity contribution >= 4 is 23.9 Å². The molecule has 33 heteroatoms. The average Bonchev–Trinajstić information content (AvgIpc) is 3.28. The van der Waals surface area contributed by atoms with E-state index in [2.05, 4.69) is 0 Å². The van der Waals surface area contributed by atoms with E-state index in [0.29, 0.717) is 0 Å². The second kappa shape index (κ2) is 21.9. The highest BCUT2D eigenvalue weighted by atomic mass is 16.8. The summed E-state index contributed by atoms with van der Waals surface area (Å²) in [7, 11) is 0. The lowest BCUT2D eigenvalue weighted by Crippen LogP contribution is -2.69. The lowest BCUT2D eigenvalue weighted by molar-refractivity contribution is -0.405. The molecule has 6 aliphatic heterocycles. The van der Waals surface area contributed by atoms with Gasteiger partial charge in [0.05, 0.1) is 12.2 Å². The van der Waals surface area contributed by atoms with Crippen LogP contribution in [0.2, 0.25) is 0 Å². The van der Waals surface area contributed by atoms with Crippen LogP contribution in [0.1, 0.15) is 13.8 Å². The van der Waals surface area contributed by atoms with Gasteiger partial charge in [-0.15, -0.1) is 0 Å². The van der Waals surface area contributed by atoms with Gasteiger partial charge in [0.15, 0.2) is 62.2 Å². The predicted molar refractivity (Wildman–Crippen MR) is 199 cm³/mol. The summed E-state index contributed by atoms with van der Waals surface area (Å²) in [6.07, 6.45) is -68.0. The molecule has 30 atom stereocenters. The second-order valence-corrected chi connectivity index (χ2v) is 16.9. The van der Waals surface area contributed by atoms with E-state index in [-0.39, 0.29) is 0 Å². The van der Waals surface area contributed by atoms with Crippen molar-refractivity contribution in [3.8, 4) is 0 Å². The number of carbonyl (C=O) groups is 4. The quantitative estimate of drug-likeness (QED) is 0.0768. The highest BCUT2D eigenvalue weighted by Gasteiger charge is 2.60. The SMILES string of the molecule is CC1OC(O)C(OC2OC(C(=O)O)C(OC3OC(C)C(O)C(O)C3OC3OC(C(=O)O)C(O)C(OC4OC(C(=O)O)C(O)C(O)C4O)C3O)C(OC3OC(C(=O)O)C(O)C(O)C3O)C2O)C(O)C1O. The van der Waals surface area contributed by atoms with Gasteiger partial charge >= 0.3 is 23.9 Å². The summed E-state index contributed by atoms with van der Waals surface area (Å²) in [5.74, 6) is -7.88. The van der Waals surface area contributed by atoms with Crippen molar-refractivity contribution in [1.82, 2.24) is 0 Å². The van der Waals surface area contributed by atoms with Crippen LogP contribution >= 0.6 is 0 Å². The molecule has 0 spiro atoms. The Morgan fingerprint density at radius 3 is 1.09 bits per heavy atom. The molecule has 0 bridgehead atoms. The Labute approximate surface area is 385 Å². The van der Waals surface area contributed by atoms with E-state index in [1.807, 2.05) is 0 Å². The number of carboxylic acids is 4. The zero-order chi connectivity index (χ0) is 51.4. The monoisotopic (exact) mass is 1010 g/mol. The summed E-state index contributed by atoms with van der Waals surface area (Å²) < 4.78 is 59.8. The molecule has 69 heavy (non-hydrogen) atoms. The number of aliphatic hydroxyl groups excluding tert-OH is 14. The van der Waals surface area contributed by atoms with Crippen LogP contribution in [0.3, 0.4) is 0 Å². The molecular formula is C36H54O33. The van der Waals surface area contributed by atoms with Crippen molar-refractivity contribution in [3.63, 3.8) is 0 Å². The number of hydrogen-bond acceptors (Lipinski definition) is 29. The molecule has 396 valence electrons. The summed E-state index contributed by atoms with van der Waals surface area (Å²) in [4.78, 5) is 48.9. The van der Waals surface area contributed by atoms with Crippen LogP contribution in [0.4, 0.5) is 0 Å². The Hall–Kier alpha value is -3.12. The molecule has 6 rings (SSSR count). The van der Waals surface area contributed by atoms with Gasteiger partial charge in [0.2, 0.25) is 0 Å². The molecular weight excluding hydrogens is 960 g/mol. The predicted octanol–water partition coefficient (Wildman–Crippen LogP) is -11.7. The third-order valence-electron chi connectivity index (χ3n) is 12.2. The Morgan fingerprint density at radius 1 is 0.290 bits per heavy atom. The van der Waals surface area contributed by atoms with Crippen molar-refractivity contribution in [1.29, 1.82) is 0 Å². The van der Waals surface area contributed by atoms with Gasteiger partial charge < -0.3 is 144 Å². The number of ether oxygens (including phenoxy) is 11.